The van der Waals surface area contributed by atoms with Crippen LogP contribution in [0.3, 0.4) is 0 Å². The van der Waals surface area contributed by atoms with Gasteiger partial charge in [-0.2, -0.15) is 4.36 Å². The van der Waals surface area contributed by atoms with E-state index in [9.17, 15) is 4.21 Å². The van der Waals surface area contributed by atoms with E-state index in [4.69, 9.17) is 20.9 Å². The molecule has 2 aliphatic rings. The summed E-state index contributed by atoms with van der Waals surface area (Å²) in [7, 11) is -2.51. The van der Waals surface area contributed by atoms with Gasteiger partial charge in [-0.05, 0) is 51.7 Å². The van der Waals surface area contributed by atoms with Gasteiger partial charge in [0.15, 0.2) is 0 Å². The highest BCUT2D eigenvalue weighted by Gasteiger charge is 2.51. The van der Waals surface area contributed by atoms with Crippen molar-refractivity contribution in [1.82, 2.24) is 0 Å². The van der Waals surface area contributed by atoms with Crippen molar-refractivity contribution in [2.24, 2.45) is 4.36 Å². The van der Waals surface area contributed by atoms with Crippen LogP contribution in [-0.2, 0) is 19.0 Å². The fourth-order valence-corrected chi connectivity index (χ4v) is 4.15. The molecule has 22 heavy (non-hydrogen) atoms. The largest absolute Gasteiger partial charge is 0.494 e. The van der Waals surface area contributed by atoms with Crippen molar-refractivity contribution in [2.45, 2.75) is 45.3 Å². The summed E-state index contributed by atoms with van der Waals surface area (Å²) >= 11 is 6.31. The van der Waals surface area contributed by atoms with Crippen LogP contribution in [0.4, 0.5) is 5.69 Å². The zero-order valence-corrected chi connectivity index (χ0v) is 15.0. The van der Waals surface area contributed by atoms with Crippen molar-refractivity contribution in [3.05, 3.63) is 23.2 Å². The van der Waals surface area contributed by atoms with E-state index < -0.39 is 16.8 Å². The number of rotatable bonds is 2. The molecule has 1 aromatic carbocycles. The Morgan fingerprint density at radius 2 is 1.77 bits per heavy atom. The molecule has 0 aliphatic carbocycles. The highest BCUT2D eigenvalue weighted by Crippen LogP contribution is 2.37. The van der Waals surface area contributed by atoms with Crippen LogP contribution in [0.25, 0.3) is 0 Å². The van der Waals surface area contributed by atoms with Crippen molar-refractivity contribution in [3.63, 3.8) is 0 Å². The highest BCUT2D eigenvalue weighted by molar-refractivity contribution is 7.95. The maximum Gasteiger partial charge on any atom is 0.494 e. The summed E-state index contributed by atoms with van der Waals surface area (Å²) in [4.78, 5) is 0. The van der Waals surface area contributed by atoms with E-state index in [1.807, 2.05) is 33.8 Å². The third-order valence-electron chi connectivity index (χ3n) is 4.69. The summed E-state index contributed by atoms with van der Waals surface area (Å²) in [6, 6.07) is 5.48. The lowest BCUT2D eigenvalue weighted by molar-refractivity contribution is 0.00578. The SMILES string of the molecule is CC1(C)OB(c2ccc(N=S3(=O)CCC3)c(Cl)c2)OC1(C)C. The molecule has 0 aromatic heterocycles. The van der Waals surface area contributed by atoms with E-state index in [2.05, 4.69) is 4.36 Å². The standard InChI is InChI=1S/C15H21BClNO3S/c1-14(2)15(3,4)21-16(20-14)11-6-7-13(12(17)10-11)18-22(19)8-5-9-22/h6-7,10H,5,8-9H2,1-4H3. The van der Waals surface area contributed by atoms with Gasteiger partial charge < -0.3 is 9.31 Å². The summed E-state index contributed by atoms with van der Waals surface area (Å²) in [5.74, 6) is 1.34. The van der Waals surface area contributed by atoms with Crippen LogP contribution in [0.1, 0.15) is 34.1 Å². The molecule has 2 saturated heterocycles. The predicted molar refractivity (Wildman–Crippen MR) is 91.7 cm³/mol. The predicted octanol–water partition coefficient (Wildman–Crippen LogP) is 3.14. The molecule has 0 bridgehead atoms. The second-order valence-corrected chi connectivity index (χ2v) is 9.88. The summed E-state index contributed by atoms with van der Waals surface area (Å²) in [6.07, 6.45) is 0.978. The van der Waals surface area contributed by atoms with Gasteiger partial charge in [0.1, 0.15) is 0 Å². The molecule has 2 aliphatic heterocycles. The number of hydrogen-bond donors (Lipinski definition) is 0. The molecule has 0 N–H and O–H groups in total. The molecule has 120 valence electrons. The van der Waals surface area contributed by atoms with E-state index in [1.54, 1.807) is 12.1 Å². The molecule has 7 heteroatoms. The van der Waals surface area contributed by atoms with Crippen LogP contribution in [-0.4, -0.2) is 34.0 Å². The molecule has 2 heterocycles. The molecule has 0 atom stereocenters. The lowest BCUT2D eigenvalue weighted by Gasteiger charge is -2.32. The molecule has 0 amide bonds. The van der Waals surface area contributed by atoms with E-state index in [0.717, 1.165) is 11.9 Å². The molecule has 0 spiro atoms. The first kappa shape index (κ1) is 16.3. The van der Waals surface area contributed by atoms with E-state index in [1.165, 1.54) is 0 Å². The maximum atomic E-state index is 12.2. The van der Waals surface area contributed by atoms with Gasteiger partial charge in [-0.25, -0.2) is 4.21 Å². The van der Waals surface area contributed by atoms with Gasteiger partial charge in [0.25, 0.3) is 0 Å². The number of hydrogen-bond acceptors (Lipinski definition) is 4. The van der Waals surface area contributed by atoms with E-state index in [0.29, 0.717) is 22.2 Å². The summed E-state index contributed by atoms with van der Waals surface area (Å²) in [5, 5.41) is 0.488. The summed E-state index contributed by atoms with van der Waals surface area (Å²) < 4.78 is 28.6. The fourth-order valence-electron chi connectivity index (χ4n) is 2.38. The van der Waals surface area contributed by atoms with Gasteiger partial charge in [-0.15, -0.1) is 0 Å². The molecule has 1 aromatic rings. The van der Waals surface area contributed by atoms with Crippen LogP contribution < -0.4 is 5.46 Å². The first-order valence-electron chi connectivity index (χ1n) is 7.50. The van der Waals surface area contributed by atoms with Crippen molar-refractivity contribution in [3.8, 4) is 0 Å². The third kappa shape index (κ3) is 2.82. The molecule has 0 saturated carbocycles. The Labute approximate surface area is 137 Å². The molecular formula is C15H21BClNO3S. The smallest absolute Gasteiger partial charge is 0.399 e. The molecule has 0 radical (unpaired) electrons. The summed E-state index contributed by atoms with van der Waals surface area (Å²) in [6.45, 7) is 8.05. The van der Waals surface area contributed by atoms with Gasteiger partial charge in [0, 0.05) is 11.5 Å². The normalized spacial score (nSPS) is 24.9. The zero-order valence-electron chi connectivity index (χ0n) is 13.4. The van der Waals surface area contributed by atoms with Crippen LogP contribution >= 0.6 is 11.6 Å². The fraction of sp³-hybridized carbons (Fsp3) is 0.600. The minimum atomic E-state index is -2.06. The Hall–Kier alpha value is -0.555. The van der Waals surface area contributed by atoms with Crippen molar-refractivity contribution < 1.29 is 13.5 Å². The third-order valence-corrected chi connectivity index (χ3v) is 7.37. The van der Waals surface area contributed by atoms with Crippen LogP contribution in [0.5, 0.6) is 0 Å². The van der Waals surface area contributed by atoms with Crippen LogP contribution in [0, 0.1) is 0 Å². The average Bonchev–Trinajstić information content (AvgIpc) is 2.59. The molecule has 2 fully saturated rings. The van der Waals surface area contributed by atoms with Gasteiger partial charge >= 0.3 is 7.12 Å². The number of nitrogens with zero attached hydrogens (tertiary/aromatic N) is 1. The van der Waals surface area contributed by atoms with Gasteiger partial charge in [-0.1, -0.05) is 17.7 Å². The molecule has 3 rings (SSSR count). The Bertz CT molecular complexity index is 699. The first-order chi connectivity index (χ1) is 10.1. The zero-order chi connectivity index (χ0) is 16.2. The monoisotopic (exact) mass is 341 g/mol. The van der Waals surface area contributed by atoms with Gasteiger partial charge in [-0.3, -0.25) is 0 Å². The quantitative estimate of drug-likeness (QED) is 0.776. The van der Waals surface area contributed by atoms with Crippen molar-refractivity contribution >= 4 is 39.6 Å². The van der Waals surface area contributed by atoms with Crippen molar-refractivity contribution in [1.29, 1.82) is 0 Å². The van der Waals surface area contributed by atoms with Crippen molar-refractivity contribution in [2.75, 3.05) is 11.5 Å². The first-order valence-corrected chi connectivity index (χ1v) is 9.73. The summed E-state index contributed by atoms with van der Waals surface area (Å²) in [5.41, 5.74) is 0.669. The Morgan fingerprint density at radius 3 is 2.23 bits per heavy atom. The highest BCUT2D eigenvalue weighted by atomic mass is 35.5. The lowest BCUT2D eigenvalue weighted by Crippen LogP contribution is -2.41. The second-order valence-electron chi connectivity index (χ2n) is 6.92. The Morgan fingerprint density at radius 1 is 1.18 bits per heavy atom. The Kier molecular flexibility index (Phi) is 3.88. The number of halogens is 1. The van der Waals surface area contributed by atoms with Gasteiger partial charge in [0.05, 0.1) is 31.6 Å². The topological polar surface area (TPSA) is 47.9 Å². The second kappa shape index (κ2) is 5.23. The minimum absolute atomic E-state index is 0.387. The van der Waals surface area contributed by atoms with Crippen LogP contribution in [0.2, 0.25) is 5.02 Å². The minimum Gasteiger partial charge on any atom is -0.399 e. The number of benzene rings is 1. The molecule has 0 unspecified atom stereocenters. The molecular weight excluding hydrogens is 321 g/mol. The van der Waals surface area contributed by atoms with E-state index in [-0.39, 0.29) is 11.2 Å². The van der Waals surface area contributed by atoms with Gasteiger partial charge in [0.2, 0.25) is 0 Å². The van der Waals surface area contributed by atoms with Crippen LogP contribution in [0.15, 0.2) is 22.6 Å². The molecule has 4 nitrogen and oxygen atoms in total. The maximum absolute atomic E-state index is 12.2. The Balaban J connectivity index is 1.88. The van der Waals surface area contributed by atoms with E-state index >= 15 is 0 Å². The average molecular weight is 342 g/mol. The lowest BCUT2D eigenvalue weighted by atomic mass is 9.79.